The highest BCUT2D eigenvalue weighted by Crippen LogP contribution is 2.36. The highest BCUT2D eigenvalue weighted by atomic mass is 19.1. The minimum atomic E-state index is -0.154. The molecule has 1 saturated carbocycles. The number of nitrogens with one attached hydrogen (secondary N) is 1. The van der Waals surface area contributed by atoms with E-state index < -0.39 is 0 Å². The Balaban J connectivity index is 1.69. The first kappa shape index (κ1) is 13.5. The summed E-state index contributed by atoms with van der Waals surface area (Å²) in [5.41, 5.74) is 1.26. The van der Waals surface area contributed by atoms with Crippen molar-refractivity contribution in [3.63, 3.8) is 0 Å². The van der Waals surface area contributed by atoms with Crippen LogP contribution in [0.3, 0.4) is 0 Å². The lowest BCUT2D eigenvalue weighted by atomic mass is 9.76. The molecule has 2 rings (SSSR count). The zero-order valence-corrected chi connectivity index (χ0v) is 11.2. The van der Waals surface area contributed by atoms with Gasteiger partial charge in [-0.3, -0.25) is 0 Å². The van der Waals surface area contributed by atoms with Crippen molar-refractivity contribution in [1.82, 2.24) is 5.32 Å². The summed E-state index contributed by atoms with van der Waals surface area (Å²) in [6.45, 7) is 5.79. The van der Waals surface area contributed by atoms with Gasteiger partial charge < -0.3 is 10.1 Å². The monoisotopic (exact) mass is 251 g/mol. The smallest absolute Gasteiger partial charge is 0.123 e. The van der Waals surface area contributed by atoms with Crippen LogP contribution in [0.5, 0.6) is 0 Å². The molecule has 1 aromatic rings. The summed E-state index contributed by atoms with van der Waals surface area (Å²) in [6, 6.07) is 7.49. The summed E-state index contributed by atoms with van der Waals surface area (Å²) < 4.78 is 18.3. The quantitative estimate of drug-likeness (QED) is 0.839. The van der Waals surface area contributed by atoms with Crippen LogP contribution in [-0.4, -0.2) is 25.3 Å². The fourth-order valence-electron chi connectivity index (χ4n) is 2.47. The fourth-order valence-corrected chi connectivity index (χ4v) is 2.47. The van der Waals surface area contributed by atoms with Crippen LogP contribution >= 0.6 is 0 Å². The van der Waals surface area contributed by atoms with Crippen molar-refractivity contribution < 1.29 is 9.13 Å². The van der Waals surface area contributed by atoms with Crippen molar-refractivity contribution >= 4 is 0 Å². The fraction of sp³-hybridized carbons (Fsp3) is 0.600. The number of ether oxygens (including phenoxy) is 1. The molecule has 1 N–H and O–H groups in total. The third-order valence-corrected chi connectivity index (χ3v) is 3.62. The second-order valence-electron chi connectivity index (χ2n) is 5.09. The second-order valence-corrected chi connectivity index (χ2v) is 5.09. The molecule has 0 amide bonds. The summed E-state index contributed by atoms with van der Waals surface area (Å²) in [5.74, 6) is 0.434. The number of halogens is 1. The Hall–Kier alpha value is -0.930. The molecular formula is C15H22FNO. The van der Waals surface area contributed by atoms with Gasteiger partial charge in [-0.05, 0) is 50.3 Å². The Labute approximate surface area is 109 Å². The van der Waals surface area contributed by atoms with Gasteiger partial charge in [-0.2, -0.15) is 0 Å². The van der Waals surface area contributed by atoms with Gasteiger partial charge in [0.2, 0.25) is 0 Å². The van der Waals surface area contributed by atoms with E-state index >= 15 is 0 Å². The maximum atomic E-state index is 12.8. The standard InChI is InChI=1S/C15H22FNO/c1-3-18-11(2)10-17-15-8-13(9-15)12-4-6-14(16)7-5-12/h4-7,11,13,15,17H,3,8-10H2,1-2H3. The highest BCUT2D eigenvalue weighted by Gasteiger charge is 2.29. The van der Waals surface area contributed by atoms with Crippen LogP contribution in [0.2, 0.25) is 0 Å². The molecule has 3 heteroatoms. The zero-order chi connectivity index (χ0) is 13.0. The molecule has 0 spiro atoms. The van der Waals surface area contributed by atoms with Gasteiger partial charge in [0.15, 0.2) is 0 Å². The van der Waals surface area contributed by atoms with Gasteiger partial charge in [-0.25, -0.2) is 4.39 Å². The molecule has 1 atom stereocenters. The van der Waals surface area contributed by atoms with Gasteiger partial charge in [-0.15, -0.1) is 0 Å². The van der Waals surface area contributed by atoms with E-state index in [1.807, 2.05) is 19.1 Å². The second kappa shape index (κ2) is 6.30. The molecule has 0 bridgehead atoms. The summed E-state index contributed by atoms with van der Waals surface area (Å²) in [6.07, 6.45) is 2.56. The minimum absolute atomic E-state index is 0.154. The minimum Gasteiger partial charge on any atom is -0.377 e. The largest absolute Gasteiger partial charge is 0.377 e. The first-order valence-corrected chi connectivity index (χ1v) is 6.79. The van der Waals surface area contributed by atoms with Crippen molar-refractivity contribution in [1.29, 1.82) is 0 Å². The van der Waals surface area contributed by atoms with Crippen LogP contribution in [0.1, 0.15) is 38.2 Å². The third kappa shape index (κ3) is 3.53. The molecule has 1 aliphatic carbocycles. The zero-order valence-electron chi connectivity index (χ0n) is 11.2. The molecule has 18 heavy (non-hydrogen) atoms. The lowest BCUT2D eigenvalue weighted by Gasteiger charge is -2.37. The van der Waals surface area contributed by atoms with E-state index in [0.29, 0.717) is 12.0 Å². The van der Waals surface area contributed by atoms with E-state index in [9.17, 15) is 4.39 Å². The van der Waals surface area contributed by atoms with E-state index in [-0.39, 0.29) is 11.9 Å². The molecule has 0 heterocycles. The molecule has 0 saturated heterocycles. The van der Waals surface area contributed by atoms with Gasteiger partial charge in [0.25, 0.3) is 0 Å². The average molecular weight is 251 g/mol. The normalized spacial score (nSPS) is 24.6. The third-order valence-electron chi connectivity index (χ3n) is 3.62. The SMILES string of the molecule is CCOC(C)CNC1CC(c2ccc(F)cc2)C1. The predicted molar refractivity (Wildman–Crippen MR) is 71.3 cm³/mol. The molecule has 1 aliphatic rings. The predicted octanol–water partition coefficient (Wildman–Crippen LogP) is 3.09. The Morgan fingerprint density at radius 2 is 2.00 bits per heavy atom. The van der Waals surface area contributed by atoms with Gasteiger partial charge in [0.05, 0.1) is 6.10 Å². The van der Waals surface area contributed by atoms with Crippen LogP contribution in [0.4, 0.5) is 4.39 Å². The number of hydrogen-bond acceptors (Lipinski definition) is 2. The average Bonchev–Trinajstić information content (AvgIpc) is 2.29. The first-order chi connectivity index (χ1) is 8.69. The molecule has 1 unspecified atom stereocenters. The van der Waals surface area contributed by atoms with Crippen LogP contribution in [0, 0.1) is 5.82 Å². The molecule has 0 aliphatic heterocycles. The van der Waals surface area contributed by atoms with E-state index in [1.54, 1.807) is 12.1 Å². The molecule has 1 fully saturated rings. The first-order valence-electron chi connectivity index (χ1n) is 6.79. The van der Waals surface area contributed by atoms with Crippen molar-refractivity contribution in [3.05, 3.63) is 35.6 Å². The van der Waals surface area contributed by atoms with Gasteiger partial charge >= 0.3 is 0 Å². The highest BCUT2D eigenvalue weighted by molar-refractivity contribution is 5.23. The Morgan fingerprint density at radius 1 is 1.33 bits per heavy atom. The maximum absolute atomic E-state index is 12.8. The van der Waals surface area contributed by atoms with E-state index in [4.69, 9.17) is 4.74 Å². The van der Waals surface area contributed by atoms with Gasteiger partial charge in [-0.1, -0.05) is 12.1 Å². The van der Waals surface area contributed by atoms with Crippen molar-refractivity contribution in [3.8, 4) is 0 Å². The van der Waals surface area contributed by atoms with Crippen LogP contribution in [0.25, 0.3) is 0 Å². The van der Waals surface area contributed by atoms with Crippen molar-refractivity contribution in [2.45, 2.75) is 44.8 Å². The Kier molecular flexibility index (Phi) is 4.72. The lowest BCUT2D eigenvalue weighted by Crippen LogP contribution is -2.43. The van der Waals surface area contributed by atoms with E-state index in [0.717, 1.165) is 26.0 Å². The molecule has 0 aromatic heterocycles. The molecular weight excluding hydrogens is 229 g/mol. The lowest BCUT2D eigenvalue weighted by molar-refractivity contribution is 0.0702. The Bertz CT molecular complexity index is 359. The van der Waals surface area contributed by atoms with E-state index in [2.05, 4.69) is 12.2 Å². The van der Waals surface area contributed by atoms with Crippen LogP contribution < -0.4 is 5.32 Å². The number of rotatable bonds is 6. The molecule has 2 nitrogen and oxygen atoms in total. The van der Waals surface area contributed by atoms with Crippen molar-refractivity contribution in [2.24, 2.45) is 0 Å². The van der Waals surface area contributed by atoms with Gasteiger partial charge in [0.1, 0.15) is 5.82 Å². The van der Waals surface area contributed by atoms with Crippen LogP contribution in [-0.2, 0) is 4.74 Å². The molecule has 0 radical (unpaired) electrons. The molecule has 100 valence electrons. The summed E-state index contributed by atoms with van der Waals surface area (Å²) >= 11 is 0. The number of benzene rings is 1. The summed E-state index contributed by atoms with van der Waals surface area (Å²) in [7, 11) is 0. The van der Waals surface area contributed by atoms with Gasteiger partial charge in [0, 0.05) is 19.2 Å². The molecule has 1 aromatic carbocycles. The van der Waals surface area contributed by atoms with E-state index in [1.165, 1.54) is 5.56 Å². The summed E-state index contributed by atoms with van der Waals surface area (Å²) in [5, 5.41) is 3.52. The maximum Gasteiger partial charge on any atom is 0.123 e. The Morgan fingerprint density at radius 3 is 2.61 bits per heavy atom. The van der Waals surface area contributed by atoms with Crippen molar-refractivity contribution in [2.75, 3.05) is 13.2 Å². The topological polar surface area (TPSA) is 21.3 Å². The number of hydrogen-bond donors (Lipinski definition) is 1. The summed E-state index contributed by atoms with van der Waals surface area (Å²) in [4.78, 5) is 0. The van der Waals surface area contributed by atoms with Crippen LogP contribution in [0.15, 0.2) is 24.3 Å².